The van der Waals surface area contributed by atoms with E-state index in [2.05, 4.69) is 11.6 Å². The Morgan fingerprint density at radius 3 is 2.67 bits per heavy atom. The summed E-state index contributed by atoms with van der Waals surface area (Å²) >= 11 is 1.91. The summed E-state index contributed by atoms with van der Waals surface area (Å²) in [6.45, 7) is 1.10. The van der Waals surface area contributed by atoms with Gasteiger partial charge in [-0.25, -0.2) is 4.39 Å². The van der Waals surface area contributed by atoms with Crippen LogP contribution in [0.5, 0.6) is 0 Å². The summed E-state index contributed by atoms with van der Waals surface area (Å²) in [5.41, 5.74) is 1.25. The minimum atomic E-state index is -0.143. The van der Waals surface area contributed by atoms with E-state index in [1.807, 2.05) is 23.9 Å². The van der Waals surface area contributed by atoms with Gasteiger partial charge < -0.3 is 5.32 Å². The molecule has 1 aliphatic carbocycles. The van der Waals surface area contributed by atoms with Crippen molar-refractivity contribution in [1.82, 2.24) is 5.32 Å². The Morgan fingerprint density at radius 2 is 2.06 bits per heavy atom. The van der Waals surface area contributed by atoms with E-state index in [-0.39, 0.29) is 5.82 Å². The first-order valence-corrected chi connectivity index (χ1v) is 8.14. The fourth-order valence-corrected chi connectivity index (χ4v) is 2.70. The van der Waals surface area contributed by atoms with Crippen molar-refractivity contribution in [2.75, 3.05) is 18.6 Å². The van der Waals surface area contributed by atoms with E-state index >= 15 is 0 Å². The van der Waals surface area contributed by atoms with E-state index < -0.39 is 0 Å². The molecule has 1 aromatic rings. The van der Waals surface area contributed by atoms with Crippen LogP contribution in [0.3, 0.4) is 0 Å². The van der Waals surface area contributed by atoms with E-state index in [0.29, 0.717) is 5.92 Å². The zero-order valence-electron chi connectivity index (χ0n) is 11.0. The van der Waals surface area contributed by atoms with Gasteiger partial charge in [-0.15, -0.1) is 0 Å². The number of hydrogen-bond acceptors (Lipinski definition) is 2. The van der Waals surface area contributed by atoms with Gasteiger partial charge in [-0.3, -0.25) is 0 Å². The molecule has 1 unspecified atom stereocenters. The molecule has 0 bridgehead atoms. The fraction of sp³-hybridized carbons (Fsp3) is 0.600. The lowest BCUT2D eigenvalue weighted by molar-refractivity contribution is 0.461. The molecule has 1 fully saturated rings. The second-order valence-corrected chi connectivity index (χ2v) is 6.15. The molecule has 0 aromatic heterocycles. The van der Waals surface area contributed by atoms with Crippen LogP contribution in [-0.2, 0) is 6.42 Å². The topological polar surface area (TPSA) is 12.0 Å². The highest BCUT2D eigenvalue weighted by atomic mass is 32.2. The molecule has 0 aliphatic heterocycles. The van der Waals surface area contributed by atoms with Crippen LogP contribution in [0.2, 0.25) is 0 Å². The summed E-state index contributed by atoms with van der Waals surface area (Å²) in [4.78, 5) is 0. The maximum Gasteiger partial charge on any atom is 0.123 e. The Morgan fingerprint density at radius 1 is 1.33 bits per heavy atom. The Kier molecular flexibility index (Phi) is 5.51. The first-order valence-electron chi connectivity index (χ1n) is 6.74. The lowest BCUT2D eigenvalue weighted by Crippen LogP contribution is -2.26. The number of hydrogen-bond donors (Lipinski definition) is 1. The molecule has 100 valence electrons. The second kappa shape index (κ2) is 7.15. The lowest BCUT2D eigenvalue weighted by Gasteiger charge is -2.17. The van der Waals surface area contributed by atoms with Gasteiger partial charge in [-0.05, 0) is 67.9 Å². The Labute approximate surface area is 114 Å². The third kappa shape index (κ3) is 4.99. The molecule has 18 heavy (non-hydrogen) atoms. The number of benzene rings is 1. The van der Waals surface area contributed by atoms with Crippen LogP contribution in [0.4, 0.5) is 4.39 Å². The first-order chi connectivity index (χ1) is 8.78. The van der Waals surface area contributed by atoms with Crippen LogP contribution >= 0.6 is 11.8 Å². The number of thioether (sulfide) groups is 1. The fourth-order valence-electron chi connectivity index (χ4n) is 2.14. The van der Waals surface area contributed by atoms with Crippen LogP contribution in [-0.4, -0.2) is 24.6 Å². The van der Waals surface area contributed by atoms with E-state index in [1.54, 1.807) is 12.1 Å². The molecule has 0 amide bonds. The average Bonchev–Trinajstić information content (AvgIpc) is 3.19. The van der Waals surface area contributed by atoms with Crippen molar-refractivity contribution in [2.45, 2.75) is 31.7 Å². The van der Waals surface area contributed by atoms with E-state index in [0.717, 1.165) is 19.0 Å². The van der Waals surface area contributed by atoms with Crippen molar-refractivity contribution >= 4 is 11.8 Å². The van der Waals surface area contributed by atoms with Gasteiger partial charge in [0.2, 0.25) is 0 Å². The van der Waals surface area contributed by atoms with Gasteiger partial charge in [0.05, 0.1) is 0 Å². The van der Waals surface area contributed by atoms with Crippen LogP contribution in [0.15, 0.2) is 24.3 Å². The van der Waals surface area contributed by atoms with Crippen LogP contribution in [0, 0.1) is 11.7 Å². The van der Waals surface area contributed by atoms with Gasteiger partial charge >= 0.3 is 0 Å². The van der Waals surface area contributed by atoms with Gasteiger partial charge in [-0.2, -0.15) is 11.8 Å². The molecule has 2 rings (SSSR count). The zero-order valence-corrected chi connectivity index (χ0v) is 11.8. The van der Waals surface area contributed by atoms with Crippen LogP contribution in [0.25, 0.3) is 0 Å². The summed E-state index contributed by atoms with van der Waals surface area (Å²) in [6, 6.07) is 7.73. The van der Waals surface area contributed by atoms with Gasteiger partial charge in [0.25, 0.3) is 0 Å². The SMILES string of the molecule is CSCCC(CNC1CC1)Cc1ccc(F)cc1. The molecule has 0 saturated heterocycles. The van der Waals surface area contributed by atoms with Crippen molar-refractivity contribution in [3.63, 3.8) is 0 Å². The van der Waals surface area contributed by atoms with Crippen molar-refractivity contribution in [2.24, 2.45) is 5.92 Å². The smallest absolute Gasteiger partial charge is 0.123 e. The predicted molar refractivity (Wildman–Crippen MR) is 77.6 cm³/mol. The summed E-state index contributed by atoms with van der Waals surface area (Å²) in [7, 11) is 0. The molecular formula is C15H22FNS. The monoisotopic (exact) mass is 267 g/mol. The first kappa shape index (κ1) is 13.9. The second-order valence-electron chi connectivity index (χ2n) is 5.16. The van der Waals surface area contributed by atoms with Gasteiger partial charge in [-0.1, -0.05) is 12.1 Å². The predicted octanol–water partition coefficient (Wildman–Crippen LogP) is 3.49. The van der Waals surface area contributed by atoms with E-state index in [4.69, 9.17) is 0 Å². The third-order valence-corrected chi connectivity index (χ3v) is 4.08. The Balaban J connectivity index is 1.83. The number of halogens is 1. The van der Waals surface area contributed by atoms with Crippen molar-refractivity contribution < 1.29 is 4.39 Å². The highest BCUT2D eigenvalue weighted by Crippen LogP contribution is 2.21. The number of rotatable bonds is 8. The van der Waals surface area contributed by atoms with Crippen molar-refractivity contribution in [3.8, 4) is 0 Å². The maximum atomic E-state index is 12.9. The minimum absolute atomic E-state index is 0.143. The van der Waals surface area contributed by atoms with Crippen LogP contribution in [0.1, 0.15) is 24.8 Å². The van der Waals surface area contributed by atoms with E-state index in [9.17, 15) is 4.39 Å². The Bertz CT molecular complexity index is 348. The molecule has 0 heterocycles. The zero-order chi connectivity index (χ0) is 12.8. The van der Waals surface area contributed by atoms with Gasteiger partial charge in [0, 0.05) is 6.04 Å². The largest absolute Gasteiger partial charge is 0.314 e. The van der Waals surface area contributed by atoms with E-state index in [1.165, 1.54) is 30.6 Å². The van der Waals surface area contributed by atoms with Crippen LogP contribution < -0.4 is 5.32 Å². The molecule has 1 saturated carbocycles. The summed E-state index contributed by atoms with van der Waals surface area (Å²) in [5.74, 6) is 1.73. The Hall–Kier alpha value is -0.540. The normalized spacial score (nSPS) is 16.8. The highest BCUT2D eigenvalue weighted by Gasteiger charge is 2.21. The minimum Gasteiger partial charge on any atom is -0.314 e. The highest BCUT2D eigenvalue weighted by molar-refractivity contribution is 7.98. The molecule has 0 spiro atoms. The molecule has 1 aliphatic rings. The molecule has 1 N–H and O–H groups in total. The molecule has 3 heteroatoms. The van der Waals surface area contributed by atoms with Crippen molar-refractivity contribution in [1.29, 1.82) is 0 Å². The standard InChI is InChI=1S/C15H22FNS/c1-18-9-8-13(11-17-15-6-7-15)10-12-2-4-14(16)5-3-12/h2-5,13,15,17H,6-11H2,1H3. The summed E-state index contributed by atoms with van der Waals surface area (Å²) < 4.78 is 12.9. The lowest BCUT2D eigenvalue weighted by atomic mass is 9.96. The molecular weight excluding hydrogens is 245 g/mol. The maximum absolute atomic E-state index is 12.9. The average molecular weight is 267 g/mol. The quantitative estimate of drug-likeness (QED) is 0.774. The molecule has 1 aromatic carbocycles. The van der Waals surface area contributed by atoms with Gasteiger partial charge in [0.1, 0.15) is 5.82 Å². The van der Waals surface area contributed by atoms with Gasteiger partial charge in [0.15, 0.2) is 0 Å². The summed E-state index contributed by atoms with van der Waals surface area (Å²) in [6.07, 6.45) is 7.12. The third-order valence-electron chi connectivity index (χ3n) is 3.44. The molecule has 1 nitrogen and oxygen atoms in total. The summed E-state index contributed by atoms with van der Waals surface area (Å²) in [5, 5.41) is 3.61. The van der Waals surface area contributed by atoms with Crippen molar-refractivity contribution in [3.05, 3.63) is 35.6 Å². The molecule has 1 atom stereocenters. The molecule has 0 radical (unpaired) electrons. The number of nitrogens with one attached hydrogen (secondary N) is 1.